The van der Waals surface area contributed by atoms with Gasteiger partial charge in [-0.15, -0.1) is 0 Å². The molecule has 1 saturated heterocycles. The predicted molar refractivity (Wildman–Crippen MR) is 84.5 cm³/mol. The van der Waals surface area contributed by atoms with Crippen LogP contribution >= 0.6 is 0 Å². The molecule has 1 aromatic heterocycles. The smallest absolute Gasteiger partial charge is 0.257 e. The summed E-state index contributed by atoms with van der Waals surface area (Å²) in [4.78, 5) is 13.8. The van der Waals surface area contributed by atoms with E-state index in [2.05, 4.69) is 11.7 Å². The van der Waals surface area contributed by atoms with Crippen molar-refractivity contribution in [2.24, 2.45) is 0 Å². The van der Waals surface area contributed by atoms with E-state index in [1.165, 1.54) is 23.4 Å². The Morgan fingerprint density at radius 3 is 2.92 bits per heavy atom. The minimum absolute atomic E-state index is 0.0253. The number of nitrogens with zero attached hydrogens (tertiary/aromatic N) is 3. The molecule has 1 saturated carbocycles. The van der Waals surface area contributed by atoms with E-state index in [0.717, 1.165) is 25.7 Å². The Balaban J connectivity index is 1.60. The number of ether oxygens (including phenoxy) is 1. The van der Waals surface area contributed by atoms with Gasteiger partial charge >= 0.3 is 0 Å². The highest BCUT2D eigenvalue weighted by Gasteiger charge is 2.45. The van der Waals surface area contributed by atoms with Crippen LogP contribution in [0.3, 0.4) is 0 Å². The molecule has 1 atom stereocenters. The number of amides is 1. The Bertz CT molecular complexity index is 598. The molecule has 0 aromatic carbocycles. The predicted octanol–water partition coefficient (Wildman–Crippen LogP) is 2.76. The topological polar surface area (TPSA) is 47.4 Å². The number of hydrogen-bond acceptors (Lipinski definition) is 3. The third-order valence-corrected chi connectivity index (χ3v) is 4.89. The highest BCUT2D eigenvalue weighted by Crippen LogP contribution is 2.45. The first-order chi connectivity index (χ1) is 11.5. The van der Waals surface area contributed by atoms with Crippen molar-refractivity contribution in [2.45, 2.75) is 63.3 Å². The Labute approximate surface area is 140 Å². The van der Waals surface area contributed by atoms with Crippen molar-refractivity contribution in [3.63, 3.8) is 0 Å². The van der Waals surface area contributed by atoms with E-state index in [4.69, 9.17) is 4.74 Å². The second kappa shape index (κ2) is 7.01. The minimum Gasteiger partial charge on any atom is -0.370 e. The maximum absolute atomic E-state index is 12.4. The van der Waals surface area contributed by atoms with Crippen molar-refractivity contribution in [3.8, 4) is 0 Å². The van der Waals surface area contributed by atoms with E-state index in [1.807, 2.05) is 0 Å². The highest BCUT2D eigenvalue weighted by atomic mass is 19.3. The molecule has 2 fully saturated rings. The van der Waals surface area contributed by atoms with Crippen molar-refractivity contribution in [3.05, 3.63) is 30.6 Å². The molecule has 24 heavy (non-hydrogen) atoms. The fourth-order valence-corrected chi connectivity index (χ4v) is 3.50. The summed E-state index contributed by atoms with van der Waals surface area (Å²) < 4.78 is 32.2. The Morgan fingerprint density at radius 2 is 2.33 bits per heavy atom. The number of hydrogen-bond donors (Lipinski definition) is 0. The van der Waals surface area contributed by atoms with Gasteiger partial charge < -0.3 is 9.64 Å². The lowest BCUT2D eigenvalue weighted by atomic mass is 9.78. The summed E-state index contributed by atoms with van der Waals surface area (Å²) in [5.41, 5.74) is 0.633. The van der Waals surface area contributed by atoms with Crippen molar-refractivity contribution < 1.29 is 18.3 Å². The summed E-state index contributed by atoms with van der Waals surface area (Å²) >= 11 is 0. The molecule has 0 N–H and O–H groups in total. The first kappa shape index (κ1) is 17.1. The van der Waals surface area contributed by atoms with Gasteiger partial charge in [-0.3, -0.25) is 9.48 Å². The van der Waals surface area contributed by atoms with Gasteiger partial charge in [-0.05, 0) is 44.2 Å². The van der Waals surface area contributed by atoms with Crippen molar-refractivity contribution >= 4 is 5.91 Å². The molecule has 0 bridgehead atoms. The quantitative estimate of drug-likeness (QED) is 0.718. The van der Waals surface area contributed by atoms with Crippen LogP contribution in [-0.4, -0.2) is 45.3 Å². The number of rotatable bonds is 7. The summed E-state index contributed by atoms with van der Waals surface area (Å²) in [6.45, 7) is 3.85. The van der Waals surface area contributed by atoms with Crippen LogP contribution in [-0.2, 0) is 22.6 Å². The zero-order valence-corrected chi connectivity index (χ0v) is 13.7. The molecule has 132 valence electrons. The summed E-state index contributed by atoms with van der Waals surface area (Å²) in [7, 11) is 0. The largest absolute Gasteiger partial charge is 0.370 e. The van der Waals surface area contributed by atoms with Gasteiger partial charge in [-0.1, -0.05) is 6.58 Å². The Kier molecular flexibility index (Phi) is 4.99. The third-order valence-electron chi connectivity index (χ3n) is 4.89. The van der Waals surface area contributed by atoms with Gasteiger partial charge in [0, 0.05) is 12.7 Å². The zero-order valence-electron chi connectivity index (χ0n) is 13.7. The Hall–Kier alpha value is -1.76. The molecule has 2 aliphatic rings. The highest BCUT2D eigenvalue weighted by molar-refractivity contribution is 5.86. The second-order valence-electron chi connectivity index (χ2n) is 6.66. The van der Waals surface area contributed by atoms with Gasteiger partial charge in [0.2, 0.25) is 5.91 Å². The molecule has 1 spiro atoms. The fraction of sp³-hybridized carbons (Fsp3) is 0.647. The first-order valence-electron chi connectivity index (χ1n) is 8.39. The number of carbonyl (C=O) groups is 1. The van der Waals surface area contributed by atoms with Crippen LogP contribution in [0.15, 0.2) is 24.9 Å². The van der Waals surface area contributed by atoms with Gasteiger partial charge in [0.15, 0.2) is 0 Å². The monoisotopic (exact) mass is 339 g/mol. The van der Waals surface area contributed by atoms with E-state index in [-0.39, 0.29) is 24.2 Å². The van der Waals surface area contributed by atoms with E-state index in [0.29, 0.717) is 12.2 Å². The number of aromatic nitrogens is 2. The normalized spacial score (nSPS) is 21.9. The van der Waals surface area contributed by atoms with Gasteiger partial charge in [-0.2, -0.15) is 5.10 Å². The van der Waals surface area contributed by atoms with Gasteiger partial charge in [0.25, 0.3) is 6.43 Å². The first-order valence-corrected chi connectivity index (χ1v) is 8.39. The molecule has 1 amide bonds. The number of carbonyl (C=O) groups excluding carboxylic acids is 1. The molecule has 1 aliphatic heterocycles. The average molecular weight is 339 g/mol. The van der Waals surface area contributed by atoms with Crippen LogP contribution < -0.4 is 0 Å². The van der Waals surface area contributed by atoms with E-state index in [1.54, 1.807) is 11.0 Å². The van der Waals surface area contributed by atoms with E-state index in [9.17, 15) is 13.6 Å². The molecule has 1 unspecified atom stereocenters. The van der Waals surface area contributed by atoms with Gasteiger partial charge in [0.1, 0.15) is 6.54 Å². The maximum atomic E-state index is 12.4. The van der Waals surface area contributed by atoms with Crippen LogP contribution in [0, 0.1) is 0 Å². The number of alkyl halides is 2. The average Bonchev–Trinajstić information content (AvgIpc) is 3.12. The van der Waals surface area contributed by atoms with Gasteiger partial charge in [-0.25, -0.2) is 8.78 Å². The van der Waals surface area contributed by atoms with Crippen LogP contribution in [0.5, 0.6) is 0 Å². The van der Waals surface area contributed by atoms with Crippen molar-refractivity contribution in [2.75, 3.05) is 6.54 Å². The summed E-state index contributed by atoms with van der Waals surface area (Å²) in [5.74, 6) is -0.198. The lowest BCUT2D eigenvalue weighted by Gasteiger charge is -2.38. The SMILES string of the molecule is C=CC(=O)N(Cc1ccn(CC(F)F)n1)CC1CCC2(CCC2)O1. The molecule has 7 heteroatoms. The van der Waals surface area contributed by atoms with Crippen LogP contribution in [0.2, 0.25) is 0 Å². The maximum Gasteiger partial charge on any atom is 0.257 e. The summed E-state index contributed by atoms with van der Waals surface area (Å²) in [6, 6.07) is 1.66. The van der Waals surface area contributed by atoms with Crippen LogP contribution in [0.1, 0.15) is 37.8 Å². The lowest BCUT2D eigenvalue weighted by molar-refractivity contribution is -0.132. The lowest BCUT2D eigenvalue weighted by Crippen LogP contribution is -2.40. The molecule has 1 aromatic rings. The fourth-order valence-electron chi connectivity index (χ4n) is 3.50. The minimum atomic E-state index is -2.45. The second-order valence-corrected chi connectivity index (χ2v) is 6.66. The molecule has 2 heterocycles. The molecule has 5 nitrogen and oxygen atoms in total. The molecular formula is C17H23F2N3O2. The Morgan fingerprint density at radius 1 is 1.54 bits per heavy atom. The molecule has 0 radical (unpaired) electrons. The van der Waals surface area contributed by atoms with E-state index >= 15 is 0 Å². The zero-order chi connectivity index (χ0) is 17.2. The molecule has 3 rings (SSSR count). The van der Waals surface area contributed by atoms with Crippen LogP contribution in [0.25, 0.3) is 0 Å². The standard InChI is InChI=1S/C17H23F2N3O2/c1-2-16(23)21(10-13-5-9-22(20-13)12-15(18)19)11-14-4-8-17(24-14)6-3-7-17/h2,5,9,14-15H,1,3-4,6-8,10-12H2. The van der Waals surface area contributed by atoms with Crippen LogP contribution in [0.4, 0.5) is 8.78 Å². The summed E-state index contributed by atoms with van der Waals surface area (Å²) in [5, 5.41) is 4.11. The van der Waals surface area contributed by atoms with E-state index < -0.39 is 13.0 Å². The summed E-state index contributed by atoms with van der Waals surface area (Å²) in [6.07, 6.45) is 5.78. The number of halogens is 2. The van der Waals surface area contributed by atoms with Crippen molar-refractivity contribution in [1.82, 2.24) is 14.7 Å². The third kappa shape index (κ3) is 3.83. The molecule has 1 aliphatic carbocycles. The van der Waals surface area contributed by atoms with Gasteiger partial charge in [0.05, 0.1) is 23.9 Å². The molecular weight excluding hydrogens is 316 g/mol. The van der Waals surface area contributed by atoms with Crippen molar-refractivity contribution in [1.29, 1.82) is 0 Å².